The van der Waals surface area contributed by atoms with Crippen LogP contribution >= 0.6 is 0 Å². The predicted molar refractivity (Wildman–Crippen MR) is 227 cm³/mol. The number of nitrogens with zero attached hydrogens (tertiary/aromatic N) is 2. The zero-order valence-electron chi connectivity index (χ0n) is 36.4. The van der Waals surface area contributed by atoms with Gasteiger partial charge < -0.3 is 39.8 Å². The number of rotatable bonds is 15. The maximum Gasteiger partial charge on any atom is 0.408 e. The van der Waals surface area contributed by atoms with E-state index in [4.69, 9.17) is 18.9 Å². The minimum Gasteiger partial charge on any atom is -0.497 e. The summed E-state index contributed by atoms with van der Waals surface area (Å²) in [5.74, 6) is -1.38. The average molecular weight is 883 g/mol. The summed E-state index contributed by atoms with van der Waals surface area (Å²) in [6.45, 7) is 14.3. The molecule has 2 aliphatic carbocycles. The van der Waals surface area contributed by atoms with Gasteiger partial charge in [-0.25, -0.2) is 27.8 Å². The van der Waals surface area contributed by atoms with Crippen LogP contribution in [-0.2, 0) is 51.8 Å². The van der Waals surface area contributed by atoms with Crippen molar-refractivity contribution in [1.29, 1.82) is 0 Å². The summed E-state index contributed by atoms with van der Waals surface area (Å²) in [7, 11) is -0.763. The molecule has 5 atom stereocenters. The van der Waals surface area contributed by atoms with Crippen molar-refractivity contribution >= 4 is 46.0 Å². The first-order chi connectivity index (χ1) is 29.0. The van der Waals surface area contributed by atoms with Crippen molar-refractivity contribution < 1.29 is 56.1 Å². The van der Waals surface area contributed by atoms with Crippen LogP contribution in [0.15, 0.2) is 66.2 Å². The molecule has 0 spiro atoms. The number of methoxy groups -OCH3 is 2. The molecule has 19 heteroatoms. The van der Waals surface area contributed by atoms with Crippen LogP contribution in [0.2, 0.25) is 0 Å². The lowest BCUT2D eigenvalue weighted by Crippen LogP contribution is -2.60. The third-order valence-corrected chi connectivity index (χ3v) is 12.0. The van der Waals surface area contributed by atoms with Gasteiger partial charge in [-0.05, 0) is 80.8 Å². The van der Waals surface area contributed by atoms with E-state index >= 15 is 0 Å². The van der Waals surface area contributed by atoms with Gasteiger partial charge in [-0.15, -0.1) is 6.58 Å². The molecule has 1 saturated heterocycles. The molecule has 0 bridgehead atoms. The van der Waals surface area contributed by atoms with Gasteiger partial charge in [-0.1, -0.05) is 51.1 Å². The van der Waals surface area contributed by atoms with E-state index in [1.54, 1.807) is 80.0 Å². The number of aliphatic imine (C=N–C) groups is 1. The van der Waals surface area contributed by atoms with E-state index in [0.29, 0.717) is 25.1 Å². The van der Waals surface area contributed by atoms with Crippen LogP contribution in [0.25, 0.3) is 0 Å². The van der Waals surface area contributed by atoms with Gasteiger partial charge in [0.1, 0.15) is 40.8 Å². The van der Waals surface area contributed by atoms with Crippen LogP contribution in [0.5, 0.6) is 11.5 Å². The maximum atomic E-state index is 14.2. The fourth-order valence-corrected chi connectivity index (χ4v) is 7.96. The van der Waals surface area contributed by atoms with Gasteiger partial charge in [-0.2, -0.15) is 0 Å². The minimum absolute atomic E-state index is 0.105. The second-order valence-corrected chi connectivity index (χ2v) is 19.3. The smallest absolute Gasteiger partial charge is 0.408 e. The zero-order chi connectivity index (χ0) is 46.0. The highest BCUT2D eigenvalue weighted by atomic mass is 32.2. The van der Waals surface area contributed by atoms with Gasteiger partial charge >= 0.3 is 12.2 Å². The summed E-state index contributed by atoms with van der Waals surface area (Å²) in [5, 5.41) is 7.32. The molecule has 1 aliphatic heterocycles. The minimum atomic E-state index is -3.92. The largest absolute Gasteiger partial charge is 0.497 e. The third-order valence-electron chi connectivity index (χ3n) is 10.2. The third kappa shape index (κ3) is 13.5. The normalized spacial score (nSPS) is 21.0. The summed E-state index contributed by atoms with van der Waals surface area (Å²) in [6, 6.07) is 12.0. The number of hydrogen-bond acceptors (Lipinski definition) is 13. The van der Waals surface area contributed by atoms with Crippen LogP contribution in [-0.4, -0.2) is 105 Å². The van der Waals surface area contributed by atoms with Crippen molar-refractivity contribution in [2.24, 2.45) is 16.3 Å². The summed E-state index contributed by atoms with van der Waals surface area (Å²) in [4.78, 5) is 81.7. The van der Waals surface area contributed by atoms with Crippen molar-refractivity contribution in [3.8, 4) is 11.5 Å². The van der Waals surface area contributed by atoms with Gasteiger partial charge in [0.05, 0.1) is 32.6 Å². The van der Waals surface area contributed by atoms with E-state index in [-0.39, 0.29) is 25.9 Å². The summed E-state index contributed by atoms with van der Waals surface area (Å²) in [5.41, 5.74) is -1.55. The van der Waals surface area contributed by atoms with Gasteiger partial charge in [0.2, 0.25) is 27.9 Å². The van der Waals surface area contributed by atoms with Gasteiger partial charge in [0.15, 0.2) is 0 Å². The topological polar surface area (TPSA) is 237 Å². The van der Waals surface area contributed by atoms with Crippen LogP contribution in [0.3, 0.4) is 0 Å². The van der Waals surface area contributed by atoms with Crippen LogP contribution in [0, 0.1) is 11.3 Å². The fourth-order valence-electron chi connectivity index (χ4n) is 6.60. The number of hydrogen-bond donors (Lipinski definition) is 4. The Kier molecular flexibility index (Phi) is 15.9. The molecule has 4 N–H and O–H groups in total. The molecule has 18 nitrogen and oxygen atoms in total. The second-order valence-electron chi connectivity index (χ2n) is 17.4. The van der Waals surface area contributed by atoms with Crippen LogP contribution < -0.4 is 30.1 Å². The molecule has 62 heavy (non-hydrogen) atoms. The van der Waals surface area contributed by atoms with E-state index in [9.17, 15) is 37.2 Å². The Balaban J connectivity index is 0.000000605. The maximum absolute atomic E-state index is 14.2. The Hall–Kier alpha value is -5.94. The lowest BCUT2D eigenvalue weighted by atomic mass is 9.85. The summed E-state index contributed by atoms with van der Waals surface area (Å²) >= 11 is 0. The first-order valence-corrected chi connectivity index (χ1v) is 21.6. The molecule has 338 valence electrons. The molecular formula is C43H58N6O12S. The number of amides is 5. The highest BCUT2D eigenvalue weighted by molar-refractivity contribution is 7.91. The number of carbonyl (C=O) groups excluding carboxylic acids is 6. The molecule has 3 fully saturated rings. The highest BCUT2D eigenvalue weighted by Gasteiger charge is 2.62. The lowest BCUT2D eigenvalue weighted by molar-refractivity contribution is -0.143. The first kappa shape index (κ1) is 48.7. The Morgan fingerprint density at radius 2 is 1.52 bits per heavy atom. The quantitative estimate of drug-likeness (QED) is 0.113. The van der Waals surface area contributed by atoms with Crippen molar-refractivity contribution in [3.05, 3.63) is 72.3 Å². The van der Waals surface area contributed by atoms with Crippen molar-refractivity contribution in [1.82, 2.24) is 25.6 Å². The Labute approximate surface area is 362 Å². The molecule has 2 aromatic rings. The van der Waals surface area contributed by atoms with E-state index < -0.39 is 85.8 Å². The van der Waals surface area contributed by atoms with Gasteiger partial charge in [-0.3, -0.25) is 19.1 Å². The molecule has 2 saturated carbocycles. The Bertz CT molecular complexity index is 2110. The molecule has 0 radical (unpaired) electrons. The van der Waals surface area contributed by atoms with Crippen LogP contribution in [0.1, 0.15) is 78.4 Å². The molecule has 3 aliphatic rings. The SMILES string of the molecule is C=CC1C[C@]1(NC(=O)[C@@H]1C[C@@H](OC(=O)NCc2ccc(OC)cc2)CN1C(=O)[C@@H](NC(=O)OC(C)(C)C)C(C)(C)C)C(=O)NS(=O)(=O)C1CC1.COc1ccc(CN=C=O)cc1. The molecule has 0 aromatic heterocycles. The Morgan fingerprint density at radius 1 is 0.935 bits per heavy atom. The van der Waals surface area contributed by atoms with E-state index in [1.807, 2.05) is 24.3 Å². The predicted octanol–water partition coefficient (Wildman–Crippen LogP) is 4.03. The van der Waals surface area contributed by atoms with Crippen molar-refractivity contribution in [3.63, 3.8) is 0 Å². The van der Waals surface area contributed by atoms with E-state index in [2.05, 4.69) is 32.2 Å². The van der Waals surface area contributed by atoms with Crippen LogP contribution in [0.4, 0.5) is 9.59 Å². The monoisotopic (exact) mass is 882 g/mol. The fraction of sp³-hybridized carbons (Fsp3) is 0.535. The van der Waals surface area contributed by atoms with Gasteiger partial charge in [0.25, 0.3) is 5.91 Å². The molecule has 1 heterocycles. The number of carbonyl (C=O) groups is 5. The standard InChI is InChI=1S/C34H49N5O10S.C9H9NO2/c1-9-21-17-34(21,29(42)38-50(45,46)24-14-15-24)37-27(40)25-16-23(48-30(43)35-18-20-10-12-22(47-8)13-11-20)19-39(25)28(41)26(32(2,3)4)36-31(44)49-33(5,6)7;1-12-9-4-2-8(3-5-9)6-10-7-11/h9-13,21,23-26H,1,14-19H2,2-8H3,(H,35,43)(H,36,44)(H,37,40)(H,38,42);2-5H,6H2,1H3/t21?,23-,25+,26-,34-;/m1./s1. The number of sulfonamides is 1. The highest BCUT2D eigenvalue weighted by Crippen LogP contribution is 2.45. The van der Waals surface area contributed by atoms with E-state index in [1.165, 1.54) is 17.1 Å². The first-order valence-electron chi connectivity index (χ1n) is 20.1. The molecule has 5 rings (SSSR count). The molecule has 2 aromatic carbocycles. The summed E-state index contributed by atoms with van der Waals surface area (Å²) < 4.78 is 48.5. The molecule has 1 unspecified atom stereocenters. The molecular weight excluding hydrogens is 825 g/mol. The average Bonchev–Trinajstić information content (AvgIpc) is 4.14. The van der Waals surface area contributed by atoms with Gasteiger partial charge in [0, 0.05) is 18.9 Å². The number of ether oxygens (including phenoxy) is 4. The second kappa shape index (κ2) is 20.3. The summed E-state index contributed by atoms with van der Waals surface area (Å²) in [6.07, 6.45) is 1.23. The number of nitrogens with one attached hydrogen (secondary N) is 4. The number of isocyanates is 1. The van der Waals surface area contributed by atoms with Crippen molar-refractivity contribution in [2.45, 2.75) is 115 Å². The number of benzene rings is 2. The lowest BCUT2D eigenvalue weighted by Gasteiger charge is -2.36. The number of likely N-dealkylation sites (tertiary alicyclic amines) is 1. The van der Waals surface area contributed by atoms with E-state index in [0.717, 1.165) is 16.9 Å². The number of alkyl carbamates (subject to hydrolysis) is 2. The van der Waals surface area contributed by atoms with Crippen molar-refractivity contribution in [2.75, 3.05) is 20.8 Å². The zero-order valence-corrected chi connectivity index (χ0v) is 37.3. The Morgan fingerprint density at radius 3 is 2.00 bits per heavy atom. The molecule has 5 amide bonds.